The molecule has 0 saturated carbocycles. The summed E-state index contributed by atoms with van der Waals surface area (Å²) in [5, 5.41) is 3.26. The van der Waals surface area contributed by atoms with Crippen LogP contribution in [-0.2, 0) is 17.9 Å². The molecule has 2 aliphatic rings. The predicted molar refractivity (Wildman–Crippen MR) is 125 cm³/mol. The van der Waals surface area contributed by atoms with Crippen LogP contribution in [0.2, 0.25) is 0 Å². The van der Waals surface area contributed by atoms with Gasteiger partial charge < -0.3 is 10.1 Å². The minimum absolute atomic E-state index is 0.0980. The van der Waals surface area contributed by atoms with E-state index < -0.39 is 0 Å². The van der Waals surface area contributed by atoms with E-state index in [1.54, 1.807) is 4.90 Å². The number of aryl methyl sites for hydroxylation is 2. The van der Waals surface area contributed by atoms with Crippen LogP contribution < -0.4 is 15.1 Å². The molecule has 7 heteroatoms. The van der Waals surface area contributed by atoms with Crippen LogP contribution in [0.1, 0.15) is 22.3 Å². The van der Waals surface area contributed by atoms with E-state index in [1.807, 2.05) is 79.6 Å². The van der Waals surface area contributed by atoms with Crippen molar-refractivity contribution in [3.8, 4) is 0 Å². The Morgan fingerprint density at radius 2 is 1.84 bits per heavy atom. The number of hydrogen-bond donors (Lipinski definition) is 1. The molecule has 4 bridgehead atoms. The van der Waals surface area contributed by atoms with Crippen molar-refractivity contribution >= 4 is 29.2 Å². The van der Waals surface area contributed by atoms with E-state index in [-0.39, 0.29) is 6.03 Å². The van der Waals surface area contributed by atoms with E-state index in [2.05, 4.69) is 10.3 Å². The highest BCUT2D eigenvalue weighted by Gasteiger charge is 2.33. The third kappa shape index (κ3) is 3.83. The molecule has 162 valence electrons. The number of nitrogens with one attached hydrogen (secondary N) is 1. The molecule has 0 atom stereocenters. The van der Waals surface area contributed by atoms with Gasteiger partial charge in [0.25, 0.3) is 0 Å². The molecule has 0 radical (unpaired) electrons. The average molecular weight is 428 g/mol. The maximum atomic E-state index is 13.6. The van der Waals surface area contributed by atoms with Crippen LogP contribution >= 0.6 is 0 Å². The Balaban J connectivity index is 1.58. The van der Waals surface area contributed by atoms with E-state index in [4.69, 9.17) is 9.72 Å². The van der Waals surface area contributed by atoms with Gasteiger partial charge in [0.1, 0.15) is 5.82 Å². The molecule has 0 spiro atoms. The third-order valence-corrected chi connectivity index (χ3v) is 5.72. The number of benzene rings is 2. The van der Waals surface area contributed by atoms with Crippen molar-refractivity contribution in [1.29, 1.82) is 0 Å². The van der Waals surface area contributed by atoms with Gasteiger partial charge in [0.15, 0.2) is 0 Å². The summed E-state index contributed by atoms with van der Waals surface area (Å²) in [7, 11) is 0. The smallest absolute Gasteiger partial charge is 0.330 e. The zero-order chi connectivity index (χ0) is 22.1. The van der Waals surface area contributed by atoms with Crippen LogP contribution in [-0.4, -0.2) is 29.2 Å². The molecule has 0 saturated heterocycles. The number of para-hydroxylation sites is 1. The Morgan fingerprint density at radius 3 is 2.69 bits per heavy atom. The number of carbonyl (C=O) groups excluding carboxylic acids is 1. The fraction of sp³-hybridized carbons (Fsp3) is 0.240. The Labute approximate surface area is 187 Å². The van der Waals surface area contributed by atoms with Crippen LogP contribution in [0, 0.1) is 13.8 Å². The molecule has 0 fully saturated rings. The first kappa shape index (κ1) is 20.2. The molecule has 7 nitrogen and oxygen atoms in total. The van der Waals surface area contributed by atoms with Crippen molar-refractivity contribution in [3.05, 3.63) is 83.1 Å². The summed E-state index contributed by atoms with van der Waals surface area (Å²) in [6, 6.07) is 14.0. The highest BCUT2D eigenvalue weighted by Crippen LogP contribution is 2.34. The van der Waals surface area contributed by atoms with Crippen LogP contribution in [0.25, 0.3) is 0 Å². The van der Waals surface area contributed by atoms with Crippen LogP contribution in [0.3, 0.4) is 0 Å². The summed E-state index contributed by atoms with van der Waals surface area (Å²) in [5.74, 6) is 1.09. The highest BCUT2D eigenvalue weighted by atomic mass is 16.5. The van der Waals surface area contributed by atoms with Gasteiger partial charge in [-0.15, -0.1) is 0 Å². The molecular weight excluding hydrogens is 402 g/mol. The van der Waals surface area contributed by atoms with E-state index in [0.29, 0.717) is 38.1 Å². The van der Waals surface area contributed by atoms with Gasteiger partial charge in [-0.3, -0.25) is 9.80 Å². The Bertz CT molecular complexity index is 1190. The predicted octanol–water partition coefficient (Wildman–Crippen LogP) is 4.87. The number of ether oxygens (including phenoxy) is 1. The van der Waals surface area contributed by atoms with Crippen molar-refractivity contribution in [2.45, 2.75) is 27.0 Å². The largest absolute Gasteiger partial charge is 0.373 e. The summed E-state index contributed by atoms with van der Waals surface area (Å²) in [6.07, 6.45) is 5.71. The molecule has 2 aliphatic heterocycles. The van der Waals surface area contributed by atoms with E-state index in [1.165, 1.54) is 0 Å². The SMILES string of the molecule is Cc1cccc(C)c1N1Cc2cnc3nc2N(C/C=C/COCc2cccc(c2)N3)C1=O. The van der Waals surface area contributed by atoms with Crippen LogP contribution in [0.4, 0.5) is 27.9 Å². The van der Waals surface area contributed by atoms with E-state index in [0.717, 1.165) is 33.6 Å². The summed E-state index contributed by atoms with van der Waals surface area (Å²) in [6.45, 7) is 5.87. The first-order chi connectivity index (χ1) is 15.6. The first-order valence-corrected chi connectivity index (χ1v) is 10.7. The molecule has 3 heterocycles. The van der Waals surface area contributed by atoms with Gasteiger partial charge in [-0.05, 0) is 42.7 Å². The number of aromatic nitrogens is 2. The van der Waals surface area contributed by atoms with Crippen molar-refractivity contribution in [2.75, 3.05) is 28.3 Å². The fourth-order valence-electron chi connectivity index (χ4n) is 4.21. The lowest BCUT2D eigenvalue weighted by Crippen LogP contribution is -2.48. The molecular formula is C25H25N5O2. The lowest BCUT2D eigenvalue weighted by Gasteiger charge is -2.37. The summed E-state index contributed by atoms with van der Waals surface area (Å²) >= 11 is 0. The number of anilines is 4. The molecule has 2 aromatic carbocycles. The number of nitrogens with zero attached hydrogens (tertiary/aromatic N) is 4. The van der Waals surface area contributed by atoms with Crippen molar-refractivity contribution in [1.82, 2.24) is 9.97 Å². The maximum absolute atomic E-state index is 13.6. The van der Waals surface area contributed by atoms with Crippen molar-refractivity contribution in [2.24, 2.45) is 0 Å². The Kier molecular flexibility index (Phi) is 5.33. The summed E-state index contributed by atoms with van der Waals surface area (Å²) in [4.78, 5) is 26.4. The molecule has 1 N–H and O–H groups in total. The number of urea groups is 1. The van der Waals surface area contributed by atoms with Gasteiger partial charge in [-0.2, -0.15) is 4.98 Å². The van der Waals surface area contributed by atoms with Gasteiger partial charge in [-0.1, -0.05) is 42.5 Å². The maximum Gasteiger partial charge on any atom is 0.330 e. The second-order valence-corrected chi connectivity index (χ2v) is 8.07. The molecule has 0 aliphatic carbocycles. The Morgan fingerprint density at radius 1 is 1.03 bits per heavy atom. The minimum Gasteiger partial charge on any atom is -0.373 e. The summed E-state index contributed by atoms with van der Waals surface area (Å²) in [5.41, 5.74) is 5.92. The second kappa shape index (κ2) is 8.43. The monoisotopic (exact) mass is 427 g/mol. The number of rotatable bonds is 1. The molecule has 32 heavy (non-hydrogen) atoms. The average Bonchev–Trinajstić information content (AvgIpc) is 2.78. The number of hydrogen-bond acceptors (Lipinski definition) is 5. The number of fused-ring (bicyclic) bond motifs is 3. The van der Waals surface area contributed by atoms with Gasteiger partial charge in [0.2, 0.25) is 5.95 Å². The third-order valence-electron chi connectivity index (χ3n) is 5.72. The lowest BCUT2D eigenvalue weighted by molar-refractivity contribution is 0.148. The topological polar surface area (TPSA) is 70.6 Å². The minimum atomic E-state index is -0.0980. The summed E-state index contributed by atoms with van der Waals surface area (Å²) < 4.78 is 5.76. The zero-order valence-corrected chi connectivity index (χ0v) is 18.2. The second-order valence-electron chi connectivity index (χ2n) is 8.07. The standard InChI is InChI=1S/C25H25N5O2/c1-17-7-5-8-18(2)22(17)30-15-20-14-26-24-27-21-10-6-9-19(13-21)16-32-12-4-3-11-29(25(30)31)23(20)28-24/h3-10,13-14H,11-12,15-16H2,1-2H3,(H,26,27,28)/b4-3+. The number of amides is 2. The zero-order valence-electron chi connectivity index (χ0n) is 18.2. The van der Waals surface area contributed by atoms with Gasteiger partial charge in [-0.25, -0.2) is 9.78 Å². The van der Waals surface area contributed by atoms with Crippen LogP contribution in [0.15, 0.2) is 60.8 Å². The van der Waals surface area contributed by atoms with Crippen molar-refractivity contribution < 1.29 is 9.53 Å². The van der Waals surface area contributed by atoms with Gasteiger partial charge >= 0.3 is 6.03 Å². The fourth-order valence-corrected chi connectivity index (χ4v) is 4.21. The Hall–Kier alpha value is -3.71. The number of carbonyl (C=O) groups is 1. The van der Waals surface area contributed by atoms with Gasteiger partial charge in [0.05, 0.1) is 25.4 Å². The van der Waals surface area contributed by atoms with Crippen molar-refractivity contribution in [3.63, 3.8) is 0 Å². The van der Waals surface area contributed by atoms with Gasteiger partial charge in [0, 0.05) is 24.0 Å². The molecule has 5 rings (SSSR count). The normalized spacial score (nSPS) is 16.9. The van der Waals surface area contributed by atoms with Crippen LogP contribution in [0.5, 0.6) is 0 Å². The molecule has 2 amide bonds. The molecule has 0 unspecified atom stereocenters. The van der Waals surface area contributed by atoms with E-state index in [9.17, 15) is 4.79 Å². The molecule has 1 aromatic heterocycles. The lowest BCUT2D eigenvalue weighted by atomic mass is 10.1. The first-order valence-electron chi connectivity index (χ1n) is 10.7. The highest BCUT2D eigenvalue weighted by molar-refractivity contribution is 6.06. The molecule has 3 aromatic rings. The van der Waals surface area contributed by atoms with E-state index >= 15 is 0 Å². The quantitative estimate of drug-likeness (QED) is 0.561.